The Morgan fingerprint density at radius 2 is 2.00 bits per heavy atom. The highest BCUT2D eigenvalue weighted by molar-refractivity contribution is 5.22. The molecule has 0 saturated carbocycles. The summed E-state index contributed by atoms with van der Waals surface area (Å²) in [7, 11) is 0. The van der Waals surface area contributed by atoms with Crippen molar-refractivity contribution in [1.82, 2.24) is 5.32 Å². The van der Waals surface area contributed by atoms with Gasteiger partial charge in [-0.05, 0) is 36.8 Å². The average molecular weight is 289 g/mol. The number of hydrogen-bond donors (Lipinski definition) is 1. The van der Waals surface area contributed by atoms with Crippen molar-refractivity contribution in [3.05, 3.63) is 35.9 Å². The lowest BCUT2D eigenvalue weighted by Gasteiger charge is -2.39. The predicted molar refractivity (Wildman–Crippen MR) is 89.6 cm³/mol. The molecule has 4 unspecified atom stereocenters. The molecule has 0 bridgehead atoms. The van der Waals surface area contributed by atoms with Crippen LogP contribution in [0.15, 0.2) is 30.3 Å². The molecule has 1 N–H and O–H groups in total. The third-order valence-electron chi connectivity index (χ3n) is 4.97. The molecule has 1 aliphatic heterocycles. The maximum Gasteiger partial charge on any atom is 0.0509 e. The van der Waals surface area contributed by atoms with Crippen LogP contribution in [0.4, 0.5) is 0 Å². The van der Waals surface area contributed by atoms with Crippen molar-refractivity contribution in [3.8, 4) is 0 Å². The van der Waals surface area contributed by atoms with E-state index in [1.807, 2.05) is 0 Å². The van der Waals surface area contributed by atoms with Crippen LogP contribution >= 0.6 is 0 Å². The van der Waals surface area contributed by atoms with Crippen molar-refractivity contribution >= 4 is 0 Å². The summed E-state index contributed by atoms with van der Waals surface area (Å²) in [6, 6.07) is 11.6. The Morgan fingerprint density at radius 1 is 1.24 bits per heavy atom. The van der Waals surface area contributed by atoms with Gasteiger partial charge >= 0.3 is 0 Å². The number of ether oxygens (including phenoxy) is 1. The fraction of sp³-hybridized carbons (Fsp3) is 0.684. The fourth-order valence-corrected chi connectivity index (χ4v) is 3.69. The number of likely N-dealkylation sites (N-methyl/N-ethyl adjacent to an activating group) is 1. The van der Waals surface area contributed by atoms with E-state index in [9.17, 15) is 0 Å². The molecular formula is C19H31NO. The minimum atomic E-state index is 0.521. The lowest BCUT2D eigenvalue weighted by atomic mass is 9.74. The maximum absolute atomic E-state index is 5.77. The first-order valence-electron chi connectivity index (χ1n) is 8.64. The van der Waals surface area contributed by atoms with Crippen molar-refractivity contribution < 1.29 is 4.74 Å². The Bertz CT molecular complexity index is 386. The summed E-state index contributed by atoms with van der Waals surface area (Å²) in [6.45, 7) is 9.80. The van der Waals surface area contributed by atoms with Crippen molar-refractivity contribution in [2.75, 3.05) is 19.8 Å². The predicted octanol–water partition coefficient (Wildman–Crippen LogP) is 4.22. The van der Waals surface area contributed by atoms with Gasteiger partial charge in [0.15, 0.2) is 0 Å². The van der Waals surface area contributed by atoms with Gasteiger partial charge in [-0.15, -0.1) is 0 Å². The Hall–Kier alpha value is -0.860. The van der Waals surface area contributed by atoms with E-state index in [4.69, 9.17) is 4.74 Å². The summed E-state index contributed by atoms with van der Waals surface area (Å²) in [6.07, 6.45) is 3.71. The topological polar surface area (TPSA) is 21.3 Å². The van der Waals surface area contributed by atoms with Crippen LogP contribution in [0, 0.1) is 11.8 Å². The Labute approximate surface area is 130 Å². The Kier molecular flexibility index (Phi) is 6.72. The molecule has 1 fully saturated rings. The highest BCUT2D eigenvalue weighted by Crippen LogP contribution is 2.35. The van der Waals surface area contributed by atoms with Crippen molar-refractivity contribution in [2.24, 2.45) is 11.8 Å². The molecule has 1 aromatic carbocycles. The van der Waals surface area contributed by atoms with Gasteiger partial charge in [0.1, 0.15) is 0 Å². The molecule has 0 radical (unpaired) electrons. The summed E-state index contributed by atoms with van der Waals surface area (Å²) >= 11 is 0. The highest BCUT2D eigenvalue weighted by Gasteiger charge is 2.33. The molecule has 0 aliphatic carbocycles. The van der Waals surface area contributed by atoms with Crippen molar-refractivity contribution in [1.29, 1.82) is 0 Å². The van der Waals surface area contributed by atoms with Gasteiger partial charge in [0.2, 0.25) is 0 Å². The molecule has 1 heterocycles. The van der Waals surface area contributed by atoms with E-state index in [1.54, 1.807) is 0 Å². The first-order valence-corrected chi connectivity index (χ1v) is 8.64. The van der Waals surface area contributed by atoms with Gasteiger partial charge in [-0.25, -0.2) is 0 Å². The molecule has 1 aliphatic rings. The minimum Gasteiger partial charge on any atom is -0.381 e. The van der Waals surface area contributed by atoms with Crippen molar-refractivity contribution in [2.45, 2.75) is 52.0 Å². The van der Waals surface area contributed by atoms with Crippen LogP contribution in [0.25, 0.3) is 0 Å². The zero-order valence-electron chi connectivity index (χ0n) is 13.8. The van der Waals surface area contributed by atoms with Crippen LogP contribution in [-0.4, -0.2) is 25.8 Å². The zero-order valence-corrected chi connectivity index (χ0v) is 13.8. The molecule has 4 atom stereocenters. The van der Waals surface area contributed by atoms with Crippen LogP contribution in [0.3, 0.4) is 0 Å². The lowest BCUT2D eigenvalue weighted by Crippen LogP contribution is -2.46. The van der Waals surface area contributed by atoms with E-state index in [1.165, 1.54) is 24.8 Å². The van der Waals surface area contributed by atoms with Gasteiger partial charge in [0.25, 0.3) is 0 Å². The van der Waals surface area contributed by atoms with E-state index in [0.717, 1.165) is 19.8 Å². The third kappa shape index (κ3) is 4.31. The Balaban J connectivity index is 2.25. The van der Waals surface area contributed by atoms with Crippen LogP contribution in [-0.2, 0) is 4.74 Å². The minimum absolute atomic E-state index is 0.521. The van der Waals surface area contributed by atoms with Gasteiger partial charge in [-0.1, -0.05) is 57.5 Å². The summed E-state index contributed by atoms with van der Waals surface area (Å²) in [4.78, 5) is 0. The largest absolute Gasteiger partial charge is 0.381 e. The molecule has 2 heteroatoms. The second-order valence-electron chi connectivity index (χ2n) is 6.38. The van der Waals surface area contributed by atoms with Crippen LogP contribution in [0.1, 0.15) is 51.5 Å². The summed E-state index contributed by atoms with van der Waals surface area (Å²) in [5.74, 6) is 1.89. The number of benzene rings is 1. The van der Waals surface area contributed by atoms with Gasteiger partial charge in [0.05, 0.1) is 6.61 Å². The molecule has 1 saturated heterocycles. The SMILES string of the molecule is CCNC(C1CCCOC1)C(c1ccccc1)C(C)CC. The van der Waals surface area contributed by atoms with Gasteiger partial charge in [-0.3, -0.25) is 0 Å². The highest BCUT2D eigenvalue weighted by atomic mass is 16.5. The Morgan fingerprint density at radius 3 is 2.57 bits per heavy atom. The molecule has 21 heavy (non-hydrogen) atoms. The van der Waals surface area contributed by atoms with Crippen molar-refractivity contribution in [3.63, 3.8) is 0 Å². The monoisotopic (exact) mass is 289 g/mol. The summed E-state index contributed by atoms with van der Waals surface area (Å²) < 4.78 is 5.77. The molecule has 0 aromatic heterocycles. The zero-order chi connectivity index (χ0) is 15.1. The fourth-order valence-electron chi connectivity index (χ4n) is 3.69. The lowest BCUT2D eigenvalue weighted by molar-refractivity contribution is 0.0312. The van der Waals surface area contributed by atoms with Crippen LogP contribution in [0.5, 0.6) is 0 Å². The van der Waals surface area contributed by atoms with Gasteiger partial charge in [0, 0.05) is 18.6 Å². The van der Waals surface area contributed by atoms with E-state index in [2.05, 4.69) is 56.4 Å². The standard InChI is InChI=1S/C19H31NO/c1-4-15(3)18(16-10-7-6-8-11-16)19(20-5-2)17-12-9-13-21-14-17/h6-8,10-11,15,17-20H,4-5,9,12-14H2,1-3H3. The van der Waals surface area contributed by atoms with Crippen LogP contribution < -0.4 is 5.32 Å². The summed E-state index contributed by atoms with van der Waals surface area (Å²) in [5.41, 5.74) is 1.48. The maximum atomic E-state index is 5.77. The molecule has 1 aromatic rings. The number of nitrogens with one attached hydrogen (secondary N) is 1. The molecule has 2 nitrogen and oxygen atoms in total. The van der Waals surface area contributed by atoms with E-state index >= 15 is 0 Å². The molecule has 118 valence electrons. The normalized spacial score (nSPS) is 23.5. The van der Waals surface area contributed by atoms with E-state index in [0.29, 0.717) is 23.8 Å². The quantitative estimate of drug-likeness (QED) is 0.811. The third-order valence-corrected chi connectivity index (χ3v) is 4.97. The summed E-state index contributed by atoms with van der Waals surface area (Å²) in [5, 5.41) is 3.79. The number of rotatable bonds is 7. The molecule has 0 spiro atoms. The van der Waals surface area contributed by atoms with E-state index in [-0.39, 0.29) is 0 Å². The van der Waals surface area contributed by atoms with Gasteiger partial charge in [-0.2, -0.15) is 0 Å². The van der Waals surface area contributed by atoms with Crippen LogP contribution in [0.2, 0.25) is 0 Å². The second kappa shape index (κ2) is 8.55. The smallest absolute Gasteiger partial charge is 0.0509 e. The first kappa shape index (κ1) is 16.5. The van der Waals surface area contributed by atoms with Gasteiger partial charge < -0.3 is 10.1 Å². The van der Waals surface area contributed by atoms with E-state index < -0.39 is 0 Å². The molecule has 0 amide bonds. The first-order chi connectivity index (χ1) is 10.3. The molecular weight excluding hydrogens is 258 g/mol. The average Bonchev–Trinajstić information content (AvgIpc) is 2.56. The molecule has 2 rings (SSSR count). The number of hydrogen-bond acceptors (Lipinski definition) is 2. The second-order valence-corrected chi connectivity index (χ2v) is 6.38.